The molecule has 0 fully saturated rings. The Morgan fingerprint density at radius 1 is 1.15 bits per heavy atom. The lowest BCUT2D eigenvalue weighted by Gasteiger charge is -2.20. The molecule has 0 radical (unpaired) electrons. The minimum Gasteiger partial charge on any atom is -0.461 e. The zero-order valence-corrected chi connectivity index (χ0v) is 19.4. The predicted octanol–water partition coefficient (Wildman–Crippen LogP) is 5.17. The Hall–Kier alpha value is -3.22. The van der Waals surface area contributed by atoms with Crippen LogP contribution in [-0.4, -0.2) is 26.1 Å². The van der Waals surface area contributed by atoms with Crippen molar-refractivity contribution in [3.8, 4) is 0 Å². The first-order chi connectivity index (χ1) is 16.0. The molecule has 1 atom stereocenters. The Bertz CT molecular complexity index is 1270. The van der Waals surface area contributed by atoms with Gasteiger partial charge in [-0.05, 0) is 47.7 Å². The summed E-state index contributed by atoms with van der Waals surface area (Å²) in [4.78, 5) is 12.9. The number of halogens is 1. The van der Waals surface area contributed by atoms with Crippen LogP contribution in [0.15, 0.2) is 60.7 Å². The predicted molar refractivity (Wildman–Crippen MR) is 128 cm³/mol. The SMILES string of the molecule is CCn1nnc2c(Cl)c(C(CC(=O)OCc3ccccc3)c3ccc(C)c(CO)c3)ccc21. The van der Waals surface area contributed by atoms with Gasteiger partial charge in [0.15, 0.2) is 0 Å². The third-order valence-electron chi connectivity index (χ3n) is 5.89. The van der Waals surface area contributed by atoms with Gasteiger partial charge in [0.1, 0.15) is 12.1 Å². The fourth-order valence-electron chi connectivity index (χ4n) is 3.97. The lowest BCUT2D eigenvalue weighted by molar-refractivity contribution is -0.145. The van der Waals surface area contributed by atoms with Gasteiger partial charge < -0.3 is 9.84 Å². The van der Waals surface area contributed by atoms with Gasteiger partial charge in [0, 0.05) is 12.5 Å². The van der Waals surface area contributed by atoms with Gasteiger partial charge in [0.2, 0.25) is 0 Å². The normalized spacial score (nSPS) is 12.1. The smallest absolute Gasteiger partial charge is 0.307 e. The topological polar surface area (TPSA) is 77.2 Å². The summed E-state index contributed by atoms with van der Waals surface area (Å²) in [6.07, 6.45) is 0.105. The van der Waals surface area contributed by atoms with Crippen LogP contribution in [0.2, 0.25) is 5.02 Å². The molecule has 1 heterocycles. The van der Waals surface area contributed by atoms with Crippen LogP contribution in [0.25, 0.3) is 11.0 Å². The Morgan fingerprint density at radius 2 is 1.94 bits per heavy atom. The molecule has 0 spiro atoms. The summed E-state index contributed by atoms with van der Waals surface area (Å²) in [5, 5.41) is 18.7. The monoisotopic (exact) mass is 463 g/mol. The molecule has 0 aliphatic carbocycles. The molecule has 4 rings (SSSR count). The molecule has 170 valence electrons. The molecule has 0 saturated heterocycles. The van der Waals surface area contributed by atoms with Gasteiger partial charge in [0.05, 0.1) is 23.6 Å². The van der Waals surface area contributed by atoms with E-state index in [-0.39, 0.29) is 31.5 Å². The van der Waals surface area contributed by atoms with E-state index in [1.807, 2.05) is 74.5 Å². The van der Waals surface area contributed by atoms with Crippen molar-refractivity contribution in [2.45, 2.75) is 45.9 Å². The first kappa shape index (κ1) is 23.0. The van der Waals surface area contributed by atoms with Gasteiger partial charge in [0.25, 0.3) is 0 Å². The average molecular weight is 464 g/mol. The van der Waals surface area contributed by atoms with Gasteiger partial charge in [-0.25, -0.2) is 4.68 Å². The number of aromatic nitrogens is 3. The van der Waals surface area contributed by atoms with Crippen LogP contribution >= 0.6 is 11.6 Å². The van der Waals surface area contributed by atoms with Crippen LogP contribution in [0.5, 0.6) is 0 Å². The van der Waals surface area contributed by atoms with Crippen molar-refractivity contribution in [1.29, 1.82) is 0 Å². The lowest BCUT2D eigenvalue weighted by atomic mass is 9.86. The molecule has 1 N–H and O–H groups in total. The van der Waals surface area contributed by atoms with Crippen molar-refractivity contribution in [2.75, 3.05) is 0 Å². The number of rotatable bonds is 8. The Balaban J connectivity index is 1.69. The molecule has 0 aliphatic rings. The number of aryl methyl sites for hydroxylation is 2. The number of hydrogen-bond donors (Lipinski definition) is 1. The van der Waals surface area contributed by atoms with Gasteiger partial charge in [-0.1, -0.05) is 71.4 Å². The van der Waals surface area contributed by atoms with Crippen molar-refractivity contribution in [2.24, 2.45) is 0 Å². The fraction of sp³-hybridized carbons (Fsp3) is 0.269. The lowest BCUT2D eigenvalue weighted by Crippen LogP contribution is -2.13. The fourth-order valence-corrected chi connectivity index (χ4v) is 4.30. The van der Waals surface area contributed by atoms with Crippen LogP contribution < -0.4 is 0 Å². The van der Waals surface area contributed by atoms with Crippen molar-refractivity contribution in [3.05, 3.63) is 93.5 Å². The number of nitrogens with zero attached hydrogens (tertiary/aromatic N) is 3. The molecule has 0 saturated carbocycles. The number of carbonyl (C=O) groups is 1. The van der Waals surface area contributed by atoms with E-state index in [4.69, 9.17) is 16.3 Å². The van der Waals surface area contributed by atoms with Crippen LogP contribution in [-0.2, 0) is 29.3 Å². The highest BCUT2D eigenvalue weighted by Crippen LogP contribution is 2.37. The Kier molecular flexibility index (Phi) is 7.06. The van der Waals surface area contributed by atoms with Crippen molar-refractivity contribution < 1.29 is 14.6 Å². The second-order valence-electron chi connectivity index (χ2n) is 7.99. The quantitative estimate of drug-likeness (QED) is 0.365. The van der Waals surface area contributed by atoms with E-state index < -0.39 is 0 Å². The zero-order chi connectivity index (χ0) is 23.4. The van der Waals surface area contributed by atoms with Crippen molar-refractivity contribution >= 4 is 28.6 Å². The molecule has 0 aliphatic heterocycles. The summed E-state index contributed by atoms with van der Waals surface area (Å²) >= 11 is 6.80. The van der Waals surface area contributed by atoms with E-state index in [0.717, 1.165) is 33.3 Å². The maximum absolute atomic E-state index is 12.9. The molecule has 0 amide bonds. The standard InChI is InChI=1S/C26H26ClN3O3/c1-3-30-23-12-11-21(25(27)26(23)28-29-30)22(19-10-9-17(2)20(13-19)15-31)14-24(32)33-16-18-7-5-4-6-8-18/h4-13,22,31H,3,14-16H2,1-2H3. The molecule has 0 bridgehead atoms. The number of esters is 1. The summed E-state index contributed by atoms with van der Waals surface area (Å²) in [6, 6.07) is 19.3. The maximum atomic E-state index is 12.9. The highest BCUT2D eigenvalue weighted by molar-refractivity contribution is 6.35. The summed E-state index contributed by atoms with van der Waals surface area (Å²) in [7, 11) is 0. The number of hydrogen-bond acceptors (Lipinski definition) is 5. The number of carbonyl (C=O) groups excluding carboxylic acids is 1. The third-order valence-corrected chi connectivity index (χ3v) is 6.29. The number of benzene rings is 3. The van der Waals surface area contributed by atoms with E-state index in [0.29, 0.717) is 17.1 Å². The minimum atomic E-state index is -0.358. The van der Waals surface area contributed by atoms with E-state index in [2.05, 4.69) is 10.3 Å². The van der Waals surface area contributed by atoms with Crippen LogP contribution in [0.3, 0.4) is 0 Å². The van der Waals surface area contributed by atoms with Gasteiger partial charge in [-0.2, -0.15) is 0 Å². The Morgan fingerprint density at radius 3 is 2.67 bits per heavy atom. The summed E-state index contributed by atoms with van der Waals surface area (Å²) < 4.78 is 7.35. The first-order valence-electron chi connectivity index (χ1n) is 10.9. The number of ether oxygens (including phenoxy) is 1. The molecule has 7 heteroatoms. The summed E-state index contributed by atoms with van der Waals surface area (Å²) in [6.45, 7) is 4.74. The van der Waals surface area contributed by atoms with Crippen molar-refractivity contribution in [1.82, 2.24) is 15.0 Å². The van der Waals surface area contributed by atoms with E-state index in [1.165, 1.54) is 0 Å². The number of fused-ring (bicyclic) bond motifs is 1. The van der Waals surface area contributed by atoms with E-state index in [9.17, 15) is 9.90 Å². The maximum Gasteiger partial charge on any atom is 0.307 e. The van der Waals surface area contributed by atoms with Gasteiger partial charge in [-0.15, -0.1) is 5.10 Å². The molecule has 6 nitrogen and oxygen atoms in total. The van der Waals surface area contributed by atoms with Crippen LogP contribution in [0, 0.1) is 6.92 Å². The molecule has 33 heavy (non-hydrogen) atoms. The Labute approximate surface area is 197 Å². The van der Waals surface area contributed by atoms with E-state index >= 15 is 0 Å². The van der Waals surface area contributed by atoms with Gasteiger partial charge >= 0.3 is 5.97 Å². The highest BCUT2D eigenvalue weighted by Gasteiger charge is 2.24. The molecular formula is C26H26ClN3O3. The zero-order valence-electron chi connectivity index (χ0n) is 18.7. The third kappa shape index (κ3) is 4.92. The number of aliphatic hydroxyl groups is 1. The highest BCUT2D eigenvalue weighted by atomic mass is 35.5. The van der Waals surface area contributed by atoms with Crippen LogP contribution in [0.4, 0.5) is 0 Å². The minimum absolute atomic E-state index is 0.0809. The first-order valence-corrected chi connectivity index (χ1v) is 11.3. The van der Waals surface area contributed by atoms with Crippen LogP contribution in [0.1, 0.15) is 47.1 Å². The second-order valence-corrected chi connectivity index (χ2v) is 8.37. The average Bonchev–Trinajstić information content (AvgIpc) is 3.27. The molecule has 4 aromatic rings. The summed E-state index contributed by atoms with van der Waals surface area (Å²) in [5.74, 6) is -0.689. The van der Waals surface area contributed by atoms with Gasteiger partial charge in [-0.3, -0.25) is 4.79 Å². The summed E-state index contributed by atoms with van der Waals surface area (Å²) in [5.41, 5.74) is 5.83. The largest absolute Gasteiger partial charge is 0.461 e. The molecule has 3 aromatic carbocycles. The molecule has 1 aromatic heterocycles. The number of aliphatic hydroxyl groups excluding tert-OH is 1. The van der Waals surface area contributed by atoms with Crippen molar-refractivity contribution in [3.63, 3.8) is 0 Å². The molecule has 1 unspecified atom stereocenters. The second kappa shape index (κ2) is 10.1. The molecular weight excluding hydrogens is 438 g/mol. The van der Waals surface area contributed by atoms with E-state index in [1.54, 1.807) is 4.68 Å².